The molecule has 0 bridgehead atoms. The summed E-state index contributed by atoms with van der Waals surface area (Å²) in [5.74, 6) is -0.223. The summed E-state index contributed by atoms with van der Waals surface area (Å²) in [4.78, 5) is 10.6. The van der Waals surface area contributed by atoms with E-state index in [2.05, 4.69) is 13.8 Å². The number of epoxide rings is 1. The predicted molar refractivity (Wildman–Crippen MR) is 58.7 cm³/mol. The van der Waals surface area contributed by atoms with Gasteiger partial charge in [-0.25, -0.2) is 0 Å². The van der Waals surface area contributed by atoms with Crippen LogP contribution in [0.5, 0.6) is 0 Å². The molecule has 1 saturated heterocycles. The molecule has 0 N–H and O–H groups in total. The normalized spacial score (nSPS) is 28.9. The van der Waals surface area contributed by atoms with Crippen molar-refractivity contribution in [3.05, 3.63) is 0 Å². The first-order valence-corrected chi connectivity index (χ1v) is 5.89. The molecule has 2 unspecified atom stereocenters. The van der Waals surface area contributed by atoms with Gasteiger partial charge >= 0.3 is 5.97 Å². The van der Waals surface area contributed by atoms with E-state index in [1.54, 1.807) is 0 Å². The third-order valence-electron chi connectivity index (χ3n) is 3.00. The number of carbonyl (C=O) groups excluding carboxylic acids is 1. The van der Waals surface area contributed by atoms with Crippen LogP contribution < -0.4 is 0 Å². The maximum atomic E-state index is 10.6. The number of esters is 1. The smallest absolute Gasteiger partial charge is 0.302 e. The van der Waals surface area contributed by atoms with E-state index in [1.165, 1.54) is 32.6 Å². The van der Waals surface area contributed by atoms with Gasteiger partial charge in [0.25, 0.3) is 0 Å². The van der Waals surface area contributed by atoms with Gasteiger partial charge in [-0.1, -0.05) is 32.6 Å². The lowest BCUT2D eigenvalue weighted by Gasteiger charge is -2.05. The summed E-state index contributed by atoms with van der Waals surface area (Å²) < 4.78 is 10.5. The number of hydrogen-bond acceptors (Lipinski definition) is 3. The molecule has 88 valence electrons. The molecule has 0 amide bonds. The van der Waals surface area contributed by atoms with Crippen molar-refractivity contribution < 1.29 is 14.3 Å². The first-order chi connectivity index (χ1) is 7.08. The van der Waals surface area contributed by atoms with Crippen LogP contribution in [-0.4, -0.2) is 24.3 Å². The van der Waals surface area contributed by atoms with Gasteiger partial charge in [0, 0.05) is 6.92 Å². The molecule has 1 aliphatic rings. The average molecular weight is 214 g/mol. The average Bonchev–Trinajstić information content (AvgIpc) is 2.82. The highest BCUT2D eigenvalue weighted by atomic mass is 16.6. The Balaban J connectivity index is 2.07. The molecule has 0 spiro atoms. The van der Waals surface area contributed by atoms with Gasteiger partial charge in [0.05, 0.1) is 5.60 Å². The lowest BCUT2D eigenvalue weighted by molar-refractivity contribution is -0.141. The van der Waals surface area contributed by atoms with Gasteiger partial charge in [0.1, 0.15) is 12.7 Å². The van der Waals surface area contributed by atoms with Gasteiger partial charge in [-0.2, -0.15) is 0 Å². The summed E-state index contributed by atoms with van der Waals surface area (Å²) in [5.41, 5.74) is -0.0246. The molecule has 15 heavy (non-hydrogen) atoms. The molecule has 1 aliphatic heterocycles. The number of ether oxygens (including phenoxy) is 2. The quantitative estimate of drug-likeness (QED) is 0.371. The van der Waals surface area contributed by atoms with Crippen LogP contribution in [0.15, 0.2) is 0 Å². The van der Waals surface area contributed by atoms with Gasteiger partial charge in [-0.05, 0) is 13.3 Å². The Morgan fingerprint density at radius 2 is 2.13 bits per heavy atom. The van der Waals surface area contributed by atoms with Crippen molar-refractivity contribution in [1.29, 1.82) is 0 Å². The second-order valence-electron chi connectivity index (χ2n) is 4.53. The molecule has 1 heterocycles. The molecule has 0 aromatic rings. The van der Waals surface area contributed by atoms with Gasteiger partial charge < -0.3 is 9.47 Å². The minimum atomic E-state index is -0.223. The molecule has 0 aromatic heterocycles. The molecule has 0 radical (unpaired) electrons. The van der Waals surface area contributed by atoms with Crippen LogP contribution in [0.4, 0.5) is 0 Å². The molecule has 0 saturated carbocycles. The Hall–Kier alpha value is -0.570. The van der Waals surface area contributed by atoms with Crippen LogP contribution in [0.2, 0.25) is 0 Å². The Labute approximate surface area is 92.1 Å². The summed E-state index contributed by atoms with van der Waals surface area (Å²) in [6.07, 6.45) is 6.25. The van der Waals surface area contributed by atoms with Crippen molar-refractivity contribution in [3.63, 3.8) is 0 Å². The van der Waals surface area contributed by atoms with Gasteiger partial charge in [0.15, 0.2) is 0 Å². The second-order valence-corrected chi connectivity index (χ2v) is 4.53. The monoisotopic (exact) mass is 214 g/mol. The predicted octanol–water partition coefficient (Wildman–Crippen LogP) is 2.68. The molecule has 0 aliphatic carbocycles. The van der Waals surface area contributed by atoms with Crippen LogP contribution in [0.3, 0.4) is 0 Å². The maximum absolute atomic E-state index is 10.6. The Bertz CT molecular complexity index is 215. The van der Waals surface area contributed by atoms with Gasteiger partial charge in [-0.15, -0.1) is 0 Å². The first kappa shape index (κ1) is 12.5. The van der Waals surface area contributed by atoms with E-state index in [1.807, 2.05) is 0 Å². The minimum absolute atomic E-state index is 0.0246. The number of unbranched alkanes of at least 4 members (excludes halogenated alkanes) is 3. The summed E-state index contributed by atoms with van der Waals surface area (Å²) >= 11 is 0. The van der Waals surface area contributed by atoms with E-state index in [0.717, 1.165) is 6.42 Å². The molecular formula is C12H22O3. The summed E-state index contributed by atoms with van der Waals surface area (Å²) in [6, 6.07) is 0. The maximum Gasteiger partial charge on any atom is 0.302 e. The molecule has 1 rings (SSSR count). The first-order valence-electron chi connectivity index (χ1n) is 5.89. The summed E-state index contributed by atoms with van der Waals surface area (Å²) in [5, 5.41) is 0. The fraction of sp³-hybridized carbons (Fsp3) is 0.917. The molecule has 3 heteroatoms. The highest BCUT2D eigenvalue weighted by Crippen LogP contribution is 2.40. The van der Waals surface area contributed by atoms with E-state index in [0.29, 0.717) is 6.61 Å². The van der Waals surface area contributed by atoms with Crippen LogP contribution in [0.1, 0.15) is 52.9 Å². The van der Waals surface area contributed by atoms with Crippen molar-refractivity contribution in [2.24, 2.45) is 0 Å². The van der Waals surface area contributed by atoms with Crippen molar-refractivity contribution in [2.45, 2.75) is 64.6 Å². The highest BCUT2D eigenvalue weighted by molar-refractivity contribution is 5.65. The Kier molecular flexibility index (Phi) is 4.58. The van der Waals surface area contributed by atoms with E-state index in [-0.39, 0.29) is 17.7 Å². The molecule has 3 nitrogen and oxygen atoms in total. The minimum Gasteiger partial charge on any atom is -0.463 e. The zero-order chi connectivity index (χ0) is 11.3. The van der Waals surface area contributed by atoms with E-state index >= 15 is 0 Å². The standard InChI is InChI=1S/C12H22O3/c1-4-5-6-7-8-12(3)11(15-12)9-14-10(2)13/h11H,4-9H2,1-3H3. The van der Waals surface area contributed by atoms with Crippen molar-refractivity contribution in [3.8, 4) is 0 Å². The molecule has 2 atom stereocenters. The van der Waals surface area contributed by atoms with Crippen LogP contribution in [0.25, 0.3) is 0 Å². The summed E-state index contributed by atoms with van der Waals surface area (Å²) in [7, 11) is 0. The van der Waals surface area contributed by atoms with Crippen molar-refractivity contribution in [2.75, 3.05) is 6.61 Å². The van der Waals surface area contributed by atoms with Gasteiger partial charge in [-0.3, -0.25) is 4.79 Å². The molecular weight excluding hydrogens is 192 g/mol. The zero-order valence-corrected chi connectivity index (χ0v) is 10.0. The second kappa shape index (κ2) is 5.50. The lowest BCUT2D eigenvalue weighted by Crippen LogP contribution is -2.15. The zero-order valence-electron chi connectivity index (χ0n) is 10.0. The Morgan fingerprint density at radius 1 is 1.40 bits per heavy atom. The lowest BCUT2D eigenvalue weighted by atomic mass is 9.99. The fourth-order valence-electron chi connectivity index (χ4n) is 1.82. The Morgan fingerprint density at radius 3 is 2.73 bits per heavy atom. The van der Waals surface area contributed by atoms with Crippen molar-refractivity contribution in [1.82, 2.24) is 0 Å². The summed E-state index contributed by atoms with van der Waals surface area (Å²) in [6.45, 7) is 6.16. The molecule has 1 fully saturated rings. The number of hydrogen-bond donors (Lipinski definition) is 0. The van der Waals surface area contributed by atoms with Gasteiger partial charge in [0.2, 0.25) is 0 Å². The van der Waals surface area contributed by atoms with Crippen LogP contribution >= 0.6 is 0 Å². The largest absolute Gasteiger partial charge is 0.463 e. The SMILES string of the molecule is CCCCCCC1(C)OC1COC(C)=O. The third kappa shape index (κ3) is 4.20. The van der Waals surface area contributed by atoms with Crippen LogP contribution in [0, 0.1) is 0 Å². The van der Waals surface area contributed by atoms with E-state index < -0.39 is 0 Å². The van der Waals surface area contributed by atoms with E-state index in [9.17, 15) is 4.79 Å². The topological polar surface area (TPSA) is 38.8 Å². The third-order valence-corrected chi connectivity index (χ3v) is 3.00. The van der Waals surface area contributed by atoms with E-state index in [4.69, 9.17) is 9.47 Å². The highest BCUT2D eigenvalue weighted by Gasteiger charge is 2.51. The van der Waals surface area contributed by atoms with Crippen molar-refractivity contribution >= 4 is 5.97 Å². The number of carbonyl (C=O) groups is 1. The fourth-order valence-corrected chi connectivity index (χ4v) is 1.82. The number of rotatable bonds is 7. The van der Waals surface area contributed by atoms with Crippen LogP contribution in [-0.2, 0) is 14.3 Å². The molecule has 0 aromatic carbocycles.